The van der Waals surface area contributed by atoms with Gasteiger partial charge >= 0.3 is 5.97 Å². The van der Waals surface area contributed by atoms with E-state index in [0.717, 1.165) is 6.29 Å². The fourth-order valence-corrected chi connectivity index (χ4v) is 6.22. The highest BCUT2D eigenvalue weighted by Gasteiger charge is 2.78. The number of esters is 1. The second-order valence-electron chi connectivity index (χ2n) is 9.87. The Balaban J connectivity index is 1.77. The molecular weight excluding hydrogens is 516 g/mol. The molecule has 3 aromatic rings. The van der Waals surface area contributed by atoms with Crippen LogP contribution in [0.5, 0.6) is 23.0 Å². The van der Waals surface area contributed by atoms with E-state index in [9.17, 15) is 19.8 Å². The van der Waals surface area contributed by atoms with Crippen LogP contribution in [0.15, 0.2) is 66.7 Å². The van der Waals surface area contributed by atoms with Crippen molar-refractivity contribution in [3.8, 4) is 23.0 Å². The van der Waals surface area contributed by atoms with Crippen molar-refractivity contribution in [3.05, 3.63) is 83.4 Å². The largest absolute Gasteiger partial charge is 0.497 e. The highest BCUT2D eigenvalue weighted by molar-refractivity contribution is 5.78. The Kier molecular flexibility index (Phi) is 7.44. The molecule has 0 amide bonds. The molecule has 1 aliphatic carbocycles. The second-order valence-corrected chi connectivity index (χ2v) is 9.87. The zero-order valence-electron chi connectivity index (χ0n) is 22.5. The van der Waals surface area contributed by atoms with Gasteiger partial charge in [0.15, 0.2) is 11.2 Å². The third-order valence-corrected chi connectivity index (χ3v) is 7.93. The Hall–Kier alpha value is -4.08. The number of unbranched alkanes of at least 4 members (excludes halogenated alkanes) is 1. The lowest BCUT2D eigenvalue weighted by Crippen LogP contribution is -2.52. The lowest BCUT2D eigenvalue weighted by atomic mass is 9.70. The van der Waals surface area contributed by atoms with Gasteiger partial charge in [-0.25, -0.2) is 0 Å². The normalized spacial score (nSPS) is 26.3. The van der Waals surface area contributed by atoms with Crippen molar-refractivity contribution in [1.82, 2.24) is 0 Å². The van der Waals surface area contributed by atoms with Gasteiger partial charge in [0, 0.05) is 24.5 Å². The van der Waals surface area contributed by atoms with E-state index in [1.807, 2.05) is 30.3 Å². The molecule has 210 valence electrons. The van der Waals surface area contributed by atoms with Crippen LogP contribution < -0.4 is 18.9 Å². The van der Waals surface area contributed by atoms with Gasteiger partial charge in [0.05, 0.1) is 39.4 Å². The molecule has 5 atom stereocenters. The van der Waals surface area contributed by atoms with E-state index in [1.165, 1.54) is 14.2 Å². The Morgan fingerprint density at radius 1 is 1.00 bits per heavy atom. The van der Waals surface area contributed by atoms with E-state index in [0.29, 0.717) is 35.5 Å². The maximum atomic E-state index is 13.3. The van der Waals surface area contributed by atoms with Gasteiger partial charge in [-0.05, 0) is 29.7 Å². The molecule has 0 saturated heterocycles. The summed E-state index contributed by atoms with van der Waals surface area (Å²) in [6.45, 7) is 0.286. The van der Waals surface area contributed by atoms with Crippen molar-refractivity contribution in [3.63, 3.8) is 0 Å². The van der Waals surface area contributed by atoms with Gasteiger partial charge < -0.3 is 38.7 Å². The van der Waals surface area contributed by atoms with Crippen LogP contribution in [0.2, 0.25) is 0 Å². The SMILES string of the molecule is COC(=O)[C@H]1[C@@H](O)[C@@]2(O)c3c(OC)cc(OCCCC=O)cc3O[C@@]2(c2ccc(OC)cc2)[C@@H]1c1ccccc1. The third kappa shape index (κ3) is 4.00. The first-order valence-corrected chi connectivity index (χ1v) is 13.0. The summed E-state index contributed by atoms with van der Waals surface area (Å²) in [5, 5.41) is 24.7. The predicted octanol–water partition coefficient (Wildman–Crippen LogP) is 3.48. The Labute approximate surface area is 232 Å². The van der Waals surface area contributed by atoms with Crippen molar-refractivity contribution >= 4 is 12.3 Å². The van der Waals surface area contributed by atoms with Gasteiger partial charge in [0.25, 0.3) is 0 Å². The summed E-state index contributed by atoms with van der Waals surface area (Å²) < 4.78 is 28.9. The third-order valence-electron chi connectivity index (χ3n) is 7.93. The average molecular weight is 549 g/mol. The smallest absolute Gasteiger partial charge is 0.312 e. The fraction of sp³-hybridized carbons (Fsp3) is 0.355. The number of hydrogen-bond donors (Lipinski definition) is 2. The van der Waals surface area contributed by atoms with Crippen LogP contribution in [-0.4, -0.2) is 56.5 Å². The second kappa shape index (κ2) is 10.8. The number of aliphatic hydroxyl groups excluding tert-OH is 1. The number of ether oxygens (including phenoxy) is 5. The topological polar surface area (TPSA) is 121 Å². The number of hydrogen-bond acceptors (Lipinski definition) is 9. The molecule has 1 heterocycles. The Morgan fingerprint density at radius 3 is 2.35 bits per heavy atom. The fourth-order valence-electron chi connectivity index (χ4n) is 6.22. The maximum absolute atomic E-state index is 13.3. The van der Waals surface area contributed by atoms with E-state index in [4.69, 9.17) is 23.7 Å². The van der Waals surface area contributed by atoms with Gasteiger partial charge in [-0.15, -0.1) is 0 Å². The van der Waals surface area contributed by atoms with Crippen LogP contribution in [0.3, 0.4) is 0 Å². The van der Waals surface area contributed by atoms with Gasteiger partial charge in [-0.1, -0.05) is 42.5 Å². The molecule has 5 rings (SSSR count). The highest BCUT2D eigenvalue weighted by Crippen LogP contribution is 2.70. The number of benzene rings is 3. The quantitative estimate of drug-likeness (QED) is 0.223. The number of carbonyl (C=O) groups is 2. The van der Waals surface area contributed by atoms with E-state index in [2.05, 4.69) is 0 Å². The van der Waals surface area contributed by atoms with E-state index in [-0.39, 0.29) is 23.7 Å². The summed E-state index contributed by atoms with van der Waals surface area (Å²) in [5.74, 6) is -1.28. The van der Waals surface area contributed by atoms with Crippen molar-refractivity contribution < 1.29 is 43.5 Å². The lowest BCUT2D eigenvalue weighted by Gasteiger charge is -2.40. The molecule has 1 aliphatic heterocycles. The first kappa shape index (κ1) is 27.5. The number of rotatable bonds is 10. The number of aliphatic hydroxyl groups is 2. The number of methoxy groups -OCH3 is 3. The molecule has 3 aromatic carbocycles. The zero-order chi connectivity index (χ0) is 28.5. The molecule has 9 nitrogen and oxygen atoms in total. The summed E-state index contributed by atoms with van der Waals surface area (Å²) in [6, 6.07) is 19.3. The molecule has 1 fully saturated rings. The highest BCUT2D eigenvalue weighted by atomic mass is 16.6. The summed E-state index contributed by atoms with van der Waals surface area (Å²) in [5.41, 5.74) is -2.43. The molecule has 2 N–H and O–H groups in total. The predicted molar refractivity (Wildman–Crippen MR) is 144 cm³/mol. The Morgan fingerprint density at radius 2 is 1.73 bits per heavy atom. The maximum Gasteiger partial charge on any atom is 0.312 e. The van der Waals surface area contributed by atoms with Crippen molar-refractivity contribution in [1.29, 1.82) is 0 Å². The summed E-state index contributed by atoms with van der Waals surface area (Å²) in [7, 11) is 4.24. The molecule has 0 bridgehead atoms. The summed E-state index contributed by atoms with van der Waals surface area (Å²) in [4.78, 5) is 24.0. The zero-order valence-corrected chi connectivity index (χ0v) is 22.5. The Bertz CT molecular complexity index is 1370. The minimum absolute atomic E-state index is 0.200. The van der Waals surface area contributed by atoms with Crippen LogP contribution in [0.25, 0.3) is 0 Å². The van der Waals surface area contributed by atoms with Crippen LogP contribution >= 0.6 is 0 Å². The number of carbonyl (C=O) groups excluding carboxylic acids is 2. The monoisotopic (exact) mass is 548 g/mol. The molecule has 9 heteroatoms. The first-order valence-electron chi connectivity index (χ1n) is 13.0. The van der Waals surface area contributed by atoms with E-state index < -0.39 is 35.1 Å². The van der Waals surface area contributed by atoms with Gasteiger partial charge in [0.1, 0.15) is 35.4 Å². The molecule has 0 unspecified atom stereocenters. The van der Waals surface area contributed by atoms with Crippen LogP contribution in [0.4, 0.5) is 0 Å². The average Bonchev–Trinajstić information content (AvgIpc) is 3.37. The minimum atomic E-state index is -2.14. The first-order chi connectivity index (χ1) is 19.4. The van der Waals surface area contributed by atoms with Crippen molar-refractivity contribution in [2.45, 2.75) is 36.1 Å². The summed E-state index contributed by atoms with van der Waals surface area (Å²) in [6.07, 6.45) is 0.0768. The number of aldehydes is 1. The molecule has 0 radical (unpaired) electrons. The van der Waals surface area contributed by atoms with Gasteiger partial charge in [-0.2, -0.15) is 0 Å². The van der Waals surface area contributed by atoms with Crippen LogP contribution in [-0.2, 0) is 25.5 Å². The molecular formula is C31H32O9. The van der Waals surface area contributed by atoms with Crippen molar-refractivity contribution in [2.75, 3.05) is 27.9 Å². The lowest BCUT2D eigenvalue weighted by molar-refractivity contribution is -0.161. The molecule has 1 saturated carbocycles. The van der Waals surface area contributed by atoms with Crippen LogP contribution in [0.1, 0.15) is 35.4 Å². The van der Waals surface area contributed by atoms with E-state index >= 15 is 0 Å². The molecule has 40 heavy (non-hydrogen) atoms. The summed E-state index contributed by atoms with van der Waals surface area (Å²) >= 11 is 0. The molecule has 0 aromatic heterocycles. The molecule has 2 aliphatic rings. The van der Waals surface area contributed by atoms with Gasteiger partial charge in [0.2, 0.25) is 0 Å². The molecule has 0 spiro atoms. The van der Waals surface area contributed by atoms with Gasteiger partial charge in [-0.3, -0.25) is 4.79 Å². The number of fused-ring (bicyclic) bond motifs is 3. The minimum Gasteiger partial charge on any atom is -0.497 e. The standard InChI is InChI=1S/C31H32O9/c1-36-21-13-11-20(12-14-21)31-26(19-9-5-4-6-10-19)25(29(34)38-3)28(33)30(31,35)27-23(37-2)17-22(18-24(27)40-31)39-16-8-7-15-32/h4-6,9-15,17-18,25-26,28,33,35H,7-8,16H2,1-3H3/t25-,26-,28-,30+,31+/m1/s1. The van der Waals surface area contributed by atoms with Crippen molar-refractivity contribution in [2.24, 2.45) is 5.92 Å². The van der Waals surface area contributed by atoms with Crippen LogP contribution in [0, 0.1) is 5.92 Å². The van der Waals surface area contributed by atoms with E-state index in [1.54, 1.807) is 43.5 Å².